The second-order valence-corrected chi connectivity index (χ2v) is 2.43. The van der Waals surface area contributed by atoms with Gasteiger partial charge in [0.2, 0.25) is 0 Å². The molecule has 0 atom stereocenters. The molecule has 2 N–H and O–H groups in total. The molecule has 0 aliphatic heterocycles. The van der Waals surface area contributed by atoms with Crippen molar-refractivity contribution in [1.82, 2.24) is 4.98 Å². The third-order valence-corrected chi connectivity index (χ3v) is 1.66. The van der Waals surface area contributed by atoms with E-state index in [0.29, 0.717) is 5.56 Å². The van der Waals surface area contributed by atoms with E-state index in [9.17, 15) is 8.78 Å². The van der Waals surface area contributed by atoms with Crippen LogP contribution in [-0.4, -0.2) is 12.1 Å². The number of nitrogens with two attached hydrogens (primary N) is 1. The monoisotopic (exact) mass is 188 g/mol. The minimum atomic E-state index is -2.59. The van der Waals surface area contributed by atoms with Crippen LogP contribution in [0.15, 0.2) is 12.4 Å². The summed E-state index contributed by atoms with van der Waals surface area (Å²) in [6.07, 6.45) is -0.0816. The summed E-state index contributed by atoms with van der Waals surface area (Å²) < 4.78 is 29.6. The first kappa shape index (κ1) is 9.85. The van der Waals surface area contributed by atoms with E-state index in [4.69, 9.17) is 10.5 Å². The lowest BCUT2D eigenvalue weighted by atomic mass is 10.2. The van der Waals surface area contributed by atoms with Crippen molar-refractivity contribution in [3.8, 4) is 5.75 Å². The molecule has 0 aliphatic rings. The topological polar surface area (TPSA) is 48.1 Å². The zero-order chi connectivity index (χ0) is 9.84. The molecule has 5 heteroatoms. The van der Waals surface area contributed by atoms with Crippen LogP contribution in [0.25, 0.3) is 0 Å². The smallest absolute Gasteiger partial charge is 0.268 e. The number of methoxy groups -OCH3 is 1. The Hall–Kier alpha value is -1.23. The van der Waals surface area contributed by atoms with E-state index < -0.39 is 6.43 Å². The molecule has 1 aromatic heterocycles. The summed E-state index contributed by atoms with van der Waals surface area (Å²) in [6, 6.07) is 0. The van der Waals surface area contributed by atoms with Gasteiger partial charge in [0.15, 0.2) is 0 Å². The number of nitrogens with zero attached hydrogens (tertiary/aromatic N) is 1. The third kappa shape index (κ3) is 1.92. The lowest BCUT2D eigenvalue weighted by molar-refractivity contribution is 0.146. The van der Waals surface area contributed by atoms with Gasteiger partial charge in [0.25, 0.3) is 6.43 Å². The molecule has 0 spiro atoms. The summed E-state index contributed by atoms with van der Waals surface area (Å²) in [5.74, 6) is 0.132. The largest absolute Gasteiger partial charge is 0.496 e. The van der Waals surface area contributed by atoms with Gasteiger partial charge in [-0.2, -0.15) is 0 Å². The van der Waals surface area contributed by atoms with Crippen molar-refractivity contribution in [2.75, 3.05) is 7.11 Å². The van der Waals surface area contributed by atoms with Gasteiger partial charge in [0.05, 0.1) is 12.7 Å². The van der Waals surface area contributed by atoms with Gasteiger partial charge in [0, 0.05) is 24.5 Å². The van der Waals surface area contributed by atoms with Crippen molar-refractivity contribution in [3.63, 3.8) is 0 Å². The second-order valence-electron chi connectivity index (χ2n) is 2.43. The van der Waals surface area contributed by atoms with Gasteiger partial charge >= 0.3 is 0 Å². The average molecular weight is 188 g/mol. The fourth-order valence-corrected chi connectivity index (χ4v) is 1.06. The van der Waals surface area contributed by atoms with Gasteiger partial charge in [0.1, 0.15) is 5.75 Å². The Morgan fingerprint density at radius 1 is 1.54 bits per heavy atom. The van der Waals surface area contributed by atoms with Gasteiger partial charge in [-0.15, -0.1) is 0 Å². The summed E-state index contributed by atoms with van der Waals surface area (Å²) >= 11 is 0. The third-order valence-electron chi connectivity index (χ3n) is 1.66. The van der Waals surface area contributed by atoms with Crippen LogP contribution in [0.1, 0.15) is 17.6 Å². The Morgan fingerprint density at radius 3 is 2.69 bits per heavy atom. The van der Waals surface area contributed by atoms with E-state index in [1.807, 2.05) is 0 Å². The summed E-state index contributed by atoms with van der Waals surface area (Å²) in [5, 5.41) is 0. The maximum atomic E-state index is 12.4. The molecule has 0 saturated heterocycles. The molecule has 13 heavy (non-hydrogen) atoms. The number of halogens is 2. The molecule has 1 rings (SSSR count). The van der Waals surface area contributed by atoms with Gasteiger partial charge in [-0.25, -0.2) is 8.78 Å². The van der Waals surface area contributed by atoms with Crippen LogP contribution < -0.4 is 10.5 Å². The molecule has 0 radical (unpaired) electrons. The highest BCUT2D eigenvalue weighted by Crippen LogP contribution is 2.30. The highest BCUT2D eigenvalue weighted by atomic mass is 19.3. The maximum Gasteiger partial charge on any atom is 0.268 e. The van der Waals surface area contributed by atoms with E-state index in [2.05, 4.69) is 4.98 Å². The first-order valence-electron chi connectivity index (χ1n) is 3.69. The Kier molecular flexibility index (Phi) is 3.13. The Bertz CT molecular complexity index is 291. The number of hydrogen-bond acceptors (Lipinski definition) is 3. The predicted molar refractivity (Wildman–Crippen MR) is 43.6 cm³/mol. The maximum absolute atomic E-state index is 12.4. The fraction of sp³-hybridized carbons (Fsp3) is 0.375. The second kappa shape index (κ2) is 4.13. The molecule has 1 aromatic rings. The Balaban J connectivity index is 3.19. The minimum Gasteiger partial charge on any atom is -0.496 e. The van der Waals surface area contributed by atoms with E-state index in [1.54, 1.807) is 0 Å². The molecule has 0 aromatic carbocycles. The summed E-state index contributed by atoms with van der Waals surface area (Å²) in [4.78, 5) is 3.65. The van der Waals surface area contributed by atoms with Crippen molar-refractivity contribution in [1.29, 1.82) is 0 Å². The molecular weight excluding hydrogens is 178 g/mol. The lowest BCUT2D eigenvalue weighted by Gasteiger charge is -2.10. The van der Waals surface area contributed by atoms with Crippen molar-refractivity contribution >= 4 is 0 Å². The van der Waals surface area contributed by atoms with Crippen LogP contribution >= 0.6 is 0 Å². The van der Waals surface area contributed by atoms with E-state index >= 15 is 0 Å². The van der Waals surface area contributed by atoms with E-state index in [0.717, 1.165) is 6.20 Å². The molecule has 0 fully saturated rings. The minimum absolute atomic E-state index is 0.132. The molecule has 0 bridgehead atoms. The summed E-state index contributed by atoms with van der Waals surface area (Å²) in [6.45, 7) is 0.136. The molecule has 3 nitrogen and oxygen atoms in total. The van der Waals surface area contributed by atoms with Crippen LogP contribution in [0.3, 0.4) is 0 Å². The molecule has 0 amide bonds. The van der Waals surface area contributed by atoms with Crippen LogP contribution in [0.4, 0.5) is 8.78 Å². The van der Waals surface area contributed by atoms with Crippen LogP contribution in [0.5, 0.6) is 5.75 Å². The molecule has 0 unspecified atom stereocenters. The standard InChI is InChI=1S/C8H10F2N2O/c1-13-7-5(2-11)3-12-4-6(7)8(9)10/h3-4,8H,2,11H2,1H3. The number of pyridine rings is 1. The first-order chi connectivity index (χ1) is 6.20. The number of ether oxygens (including phenoxy) is 1. The summed E-state index contributed by atoms with van der Waals surface area (Å²) in [7, 11) is 1.33. The van der Waals surface area contributed by atoms with Gasteiger partial charge in [-0.05, 0) is 0 Å². The van der Waals surface area contributed by atoms with Crippen LogP contribution in [0.2, 0.25) is 0 Å². The molecule has 0 saturated carbocycles. The highest BCUT2D eigenvalue weighted by molar-refractivity contribution is 5.39. The van der Waals surface area contributed by atoms with Crippen molar-refractivity contribution in [2.45, 2.75) is 13.0 Å². The quantitative estimate of drug-likeness (QED) is 0.781. The zero-order valence-corrected chi connectivity index (χ0v) is 7.13. The van der Waals surface area contributed by atoms with Crippen molar-refractivity contribution in [2.24, 2.45) is 5.73 Å². The number of rotatable bonds is 3. The van der Waals surface area contributed by atoms with Gasteiger partial charge in [-0.3, -0.25) is 4.98 Å². The number of alkyl halides is 2. The molecule has 72 valence electrons. The fourth-order valence-electron chi connectivity index (χ4n) is 1.06. The summed E-state index contributed by atoms with van der Waals surface area (Å²) in [5.41, 5.74) is 5.60. The molecular formula is C8H10F2N2O. The molecule has 0 aliphatic carbocycles. The van der Waals surface area contributed by atoms with Gasteiger partial charge in [-0.1, -0.05) is 0 Å². The zero-order valence-electron chi connectivity index (χ0n) is 7.13. The van der Waals surface area contributed by atoms with Gasteiger partial charge < -0.3 is 10.5 Å². The lowest BCUT2D eigenvalue weighted by Crippen LogP contribution is -2.03. The Labute approximate surface area is 74.5 Å². The number of aromatic nitrogens is 1. The van der Waals surface area contributed by atoms with Crippen molar-refractivity contribution in [3.05, 3.63) is 23.5 Å². The number of hydrogen-bond donors (Lipinski definition) is 1. The van der Waals surface area contributed by atoms with Crippen LogP contribution in [0, 0.1) is 0 Å². The Morgan fingerprint density at radius 2 is 2.23 bits per heavy atom. The first-order valence-corrected chi connectivity index (χ1v) is 3.69. The van der Waals surface area contributed by atoms with Crippen molar-refractivity contribution < 1.29 is 13.5 Å². The highest BCUT2D eigenvalue weighted by Gasteiger charge is 2.16. The average Bonchev–Trinajstić information content (AvgIpc) is 2.16. The molecule has 1 heterocycles. The normalized spacial score (nSPS) is 10.5. The SMILES string of the molecule is COc1c(CN)cncc1C(F)F. The van der Waals surface area contributed by atoms with E-state index in [-0.39, 0.29) is 17.9 Å². The van der Waals surface area contributed by atoms with E-state index in [1.165, 1.54) is 13.3 Å². The van der Waals surface area contributed by atoms with Crippen LogP contribution in [-0.2, 0) is 6.54 Å². The predicted octanol–water partition coefficient (Wildman–Crippen LogP) is 1.49.